The van der Waals surface area contributed by atoms with E-state index in [0.29, 0.717) is 16.3 Å². The van der Waals surface area contributed by atoms with E-state index in [9.17, 15) is 8.42 Å². The Morgan fingerprint density at radius 3 is 2.71 bits per heavy atom. The fourth-order valence-corrected chi connectivity index (χ4v) is 2.90. The molecule has 0 aliphatic carbocycles. The van der Waals surface area contributed by atoms with Crippen LogP contribution in [0, 0.1) is 0 Å². The Balaban J connectivity index is 2.98. The van der Waals surface area contributed by atoms with Gasteiger partial charge in [0, 0.05) is 10.6 Å². The molecule has 0 radical (unpaired) electrons. The van der Waals surface area contributed by atoms with Crippen LogP contribution >= 0.6 is 11.6 Å². The summed E-state index contributed by atoms with van der Waals surface area (Å²) in [6.07, 6.45) is 3.33. The van der Waals surface area contributed by atoms with Crippen molar-refractivity contribution < 1.29 is 13.2 Å². The number of hydrogen-bond donors (Lipinski definition) is 0. The van der Waals surface area contributed by atoms with Crippen LogP contribution in [0.1, 0.15) is 12.5 Å². The van der Waals surface area contributed by atoms with E-state index in [2.05, 4.69) is 0 Å². The van der Waals surface area contributed by atoms with E-state index in [0.717, 1.165) is 0 Å². The van der Waals surface area contributed by atoms with Crippen molar-refractivity contribution in [2.45, 2.75) is 12.7 Å². The van der Waals surface area contributed by atoms with Crippen LogP contribution in [0.4, 0.5) is 0 Å². The molecule has 94 valence electrons. The van der Waals surface area contributed by atoms with Gasteiger partial charge in [-0.15, -0.1) is 0 Å². The van der Waals surface area contributed by atoms with Crippen molar-refractivity contribution in [2.75, 3.05) is 12.9 Å². The average molecular weight is 275 g/mol. The summed E-state index contributed by atoms with van der Waals surface area (Å²) >= 11 is 5.84. The maximum absolute atomic E-state index is 11.8. The lowest BCUT2D eigenvalue weighted by Crippen LogP contribution is -2.08. The molecule has 5 heteroatoms. The summed E-state index contributed by atoms with van der Waals surface area (Å²) in [7, 11) is -1.67. The molecule has 1 aromatic rings. The molecule has 0 fully saturated rings. The van der Waals surface area contributed by atoms with E-state index in [1.807, 2.05) is 0 Å². The first-order valence-corrected chi connectivity index (χ1v) is 7.32. The highest BCUT2D eigenvalue weighted by Gasteiger charge is 2.14. The lowest BCUT2D eigenvalue weighted by Gasteiger charge is -2.08. The van der Waals surface area contributed by atoms with Crippen molar-refractivity contribution >= 4 is 21.4 Å². The van der Waals surface area contributed by atoms with E-state index in [1.54, 1.807) is 37.3 Å². The van der Waals surface area contributed by atoms with Gasteiger partial charge in [0.15, 0.2) is 9.84 Å². The zero-order valence-corrected chi connectivity index (χ0v) is 11.4. The minimum absolute atomic E-state index is 0.0270. The normalized spacial score (nSPS) is 11.9. The van der Waals surface area contributed by atoms with Crippen LogP contribution in [0.15, 0.2) is 30.4 Å². The standard InChI is InChI=1S/C12H15ClO3S/c1-3-4-7-17(14,15)9-10-8-11(13)5-6-12(10)16-2/h3-6,8H,7,9H2,1-2H3/b4-3+. The summed E-state index contributed by atoms with van der Waals surface area (Å²) in [4.78, 5) is 0. The Kier molecular flexibility index (Phi) is 5.02. The van der Waals surface area contributed by atoms with Crippen molar-refractivity contribution in [2.24, 2.45) is 0 Å². The van der Waals surface area contributed by atoms with E-state index < -0.39 is 9.84 Å². The van der Waals surface area contributed by atoms with Gasteiger partial charge >= 0.3 is 0 Å². The molecule has 0 amide bonds. The van der Waals surface area contributed by atoms with Gasteiger partial charge in [-0.25, -0.2) is 8.42 Å². The van der Waals surface area contributed by atoms with E-state index in [-0.39, 0.29) is 11.5 Å². The Labute approximate surface area is 107 Å². The fraction of sp³-hybridized carbons (Fsp3) is 0.333. The third-order valence-electron chi connectivity index (χ3n) is 2.20. The molecule has 3 nitrogen and oxygen atoms in total. The first-order valence-electron chi connectivity index (χ1n) is 5.12. The molecule has 1 aromatic carbocycles. The largest absolute Gasteiger partial charge is 0.496 e. The first kappa shape index (κ1) is 14.1. The molecule has 0 heterocycles. The topological polar surface area (TPSA) is 43.4 Å². The van der Waals surface area contributed by atoms with Gasteiger partial charge in [0.05, 0.1) is 18.6 Å². The Morgan fingerprint density at radius 1 is 1.41 bits per heavy atom. The molecular weight excluding hydrogens is 260 g/mol. The van der Waals surface area contributed by atoms with Crippen molar-refractivity contribution in [3.8, 4) is 5.75 Å². The molecule has 0 atom stereocenters. The lowest BCUT2D eigenvalue weighted by molar-refractivity contribution is 0.411. The number of sulfone groups is 1. The molecule has 0 bridgehead atoms. The van der Waals surface area contributed by atoms with Gasteiger partial charge in [-0.3, -0.25) is 0 Å². The van der Waals surface area contributed by atoms with Crippen LogP contribution in [-0.4, -0.2) is 21.3 Å². The highest BCUT2D eigenvalue weighted by molar-refractivity contribution is 7.90. The molecule has 0 aromatic heterocycles. The molecule has 17 heavy (non-hydrogen) atoms. The minimum Gasteiger partial charge on any atom is -0.496 e. The molecular formula is C12H15ClO3S. The lowest BCUT2D eigenvalue weighted by atomic mass is 10.2. The SMILES string of the molecule is C/C=C/CS(=O)(=O)Cc1cc(Cl)ccc1OC. The molecule has 0 N–H and O–H groups in total. The van der Waals surface area contributed by atoms with Crippen LogP contribution < -0.4 is 4.74 Å². The number of methoxy groups -OCH3 is 1. The second-order valence-corrected chi connectivity index (χ2v) is 6.13. The van der Waals surface area contributed by atoms with Crippen LogP contribution in [0.5, 0.6) is 5.75 Å². The van der Waals surface area contributed by atoms with E-state index in [1.165, 1.54) is 7.11 Å². The molecule has 0 unspecified atom stereocenters. The number of ether oxygens (including phenoxy) is 1. The van der Waals surface area contributed by atoms with Crippen LogP contribution in [0.2, 0.25) is 5.02 Å². The van der Waals surface area contributed by atoms with Gasteiger partial charge in [-0.05, 0) is 25.1 Å². The zero-order valence-electron chi connectivity index (χ0n) is 9.81. The number of allylic oxidation sites excluding steroid dienone is 1. The monoisotopic (exact) mass is 274 g/mol. The molecule has 0 aliphatic rings. The highest BCUT2D eigenvalue weighted by atomic mass is 35.5. The van der Waals surface area contributed by atoms with Crippen molar-refractivity contribution in [3.05, 3.63) is 40.9 Å². The highest BCUT2D eigenvalue weighted by Crippen LogP contribution is 2.24. The third kappa shape index (κ3) is 4.40. The molecule has 0 aliphatic heterocycles. The molecule has 0 spiro atoms. The fourth-order valence-electron chi connectivity index (χ4n) is 1.40. The minimum atomic E-state index is -3.17. The number of halogens is 1. The average Bonchev–Trinajstić information content (AvgIpc) is 2.26. The van der Waals surface area contributed by atoms with Gasteiger partial charge in [0.25, 0.3) is 0 Å². The van der Waals surface area contributed by atoms with Crippen LogP contribution in [-0.2, 0) is 15.6 Å². The van der Waals surface area contributed by atoms with Gasteiger partial charge in [-0.2, -0.15) is 0 Å². The third-order valence-corrected chi connectivity index (χ3v) is 3.89. The number of benzene rings is 1. The molecule has 1 rings (SSSR count). The van der Waals surface area contributed by atoms with Gasteiger partial charge < -0.3 is 4.74 Å². The van der Waals surface area contributed by atoms with Crippen LogP contribution in [0.25, 0.3) is 0 Å². The van der Waals surface area contributed by atoms with Gasteiger partial charge in [0.1, 0.15) is 5.75 Å². The molecule has 0 saturated carbocycles. The van der Waals surface area contributed by atoms with E-state index in [4.69, 9.17) is 16.3 Å². The number of hydrogen-bond acceptors (Lipinski definition) is 3. The Morgan fingerprint density at radius 2 is 2.12 bits per heavy atom. The summed E-state index contributed by atoms with van der Waals surface area (Å²) in [5.41, 5.74) is 0.588. The maximum atomic E-state index is 11.8. The Hall–Kier alpha value is -1.00. The van der Waals surface area contributed by atoms with Crippen molar-refractivity contribution in [3.63, 3.8) is 0 Å². The first-order chi connectivity index (χ1) is 7.98. The summed E-state index contributed by atoms with van der Waals surface area (Å²) < 4.78 is 28.7. The second kappa shape index (κ2) is 6.07. The predicted molar refractivity (Wildman–Crippen MR) is 70.3 cm³/mol. The van der Waals surface area contributed by atoms with Gasteiger partial charge in [0.2, 0.25) is 0 Å². The number of rotatable bonds is 5. The summed E-state index contributed by atoms with van der Waals surface area (Å²) in [6.45, 7) is 1.79. The zero-order chi connectivity index (χ0) is 12.9. The Bertz CT molecular complexity index is 506. The summed E-state index contributed by atoms with van der Waals surface area (Å²) in [5.74, 6) is 0.499. The smallest absolute Gasteiger partial charge is 0.158 e. The predicted octanol–water partition coefficient (Wildman–Crippen LogP) is 2.84. The quantitative estimate of drug-likeness (QED) is 0.776. The van der Waals surface area contributed by atoms with E-state index >= 15 is 0 Å². The van der Waals surface area contributed by atoms with Crippen molar-refractivity contribution in [1.29, 1.82) is 0 Å². The second-order valence-electron chi connectivity index (χ2n) is 3.58. The molecule has 0 saturated heterocycles. The van der Waals surface area contributed by atoms with Crippen molar-refractivity contribution in [1.82, 2.24) is 0 Å². The maximum Gasteiger partial charge on any atom is 0.158 e. The van der Waals surface area contributed by atoms with Crippen LogP contribution in [0.3, 0.4) is 0 Å². The van der Waals surface area contributed by atoms with Gasteiger partial charge in [-0.1, -0.05) is 23.8 Å². The summed E-state index contributed by atoms with van der Waals surface area (Å²) in [6, 6.07) is 4.96. The summed E-state index contributed by atoms with van der Waals surface area (Å²) in [5, 5.41) is 0.502.